The molecule has 0 saturated heterocycles. The van der Waals surface area contributed by atoms with Crippen molar-refractivity contribution in [2.75, 3.05) is 12.4 Å². The minimum atomic E-state index is -0.457. The molecule has 23 heavy (non-hydrogen) atoms. The molecule has 2 aromatic carbocycles. The number of ether oxygens (including phenoxy) is 1. The van der Waals surface area contributed by atoms with Gasteiger partial charge in [0.2, 0.25) is 0 Å². The van der Waals surface area contributed by atoms with Gasteiger partial charge in [0.25, 0.3) is 0 Å². The van der Waals surface area contributed by atoms with Crippen LogP contribution >= 0.6 is 0 Å². The van der Waals surface area contributed by atoms with E-state index < -0.39 is 12.0 Å². The van der Waals surface area contributed by atoms with Crippen LogP contribution < -0.4 is 5.32 Å². The Labute approximate surface area is 132 Å². The molecule has 1 N–H and O–H groups in total. The zero-order chi connectivity index (χ0) is 16.4. The van der Waals surface area contributed by atoms with Gasteiger partial charge in [-0.05, 0) is 31.2 Å². The fourth-order valence-corrected chi connectivity index (χ4v) is 2.40. The van der Waals surface area contributed by atoms with Crippen LogP contribution in [0.15, 0.2) is 48.5 Å². The van der Waals surface area contributed by atoms with Crippen LogP contribution in [-0.4, -0.2) is 28.9 Å². The summed E-state index contributed by atoms with van der Waals surface area (Å²) in [6.07, 6.45) is 0. The van der Waals surface area contributed by atoms with Crippen molar-refractivity contribution in [3.05, 3.63) is 59.8 Å². The second-order valence-corrected chi connectivity index (χ2v) is 5.02. The molecule has 0 aliphatic carbocycles. The third kappa shape index (κ3) is 2.78. The van der Waals surface area contributed by atoms with Gasteiger partial charge in [0.15, 0.2) is 0 Å². The highest BCUT2D eigenvalue weighted by atomic mass is 16.5. The molecule has 6 heteroatoms. The minimum absolute atomic E-state index is 0.367. The molecule has 116 valence electrons. The number of aromatic nitrogens is 2. The van der Waals surface area contributed by atoms with E-state index in [0.29, 0.717) is 11.3 Å². The predicted octanol–water partition coefficient (Wildman–Crippen LogP) is 3.21. The van der Waals surface area contributed by atoms with Crippen LogP contribution in [0.5, 0.6) is 0 Å². The summed E-state index contributed by atoms with van der Waals surface area (Å²) in [6, 6.07) is 13.7. The summed E-state index contributed by atoms with van der Waals surface area (Å²) >= 11 is 0. The topological polar surface area (TPSA) is 73.2 Å². The molecular weight excluding hydrogens is 294 g/mol. The maximum Gasteiger partial charge on any atom is 0.347 e. The summed E-state index contributed by atoms with van der Waals surface area (Å²) in [5.74, 6) is -0.457. The average molecular weight is 309 g/mol. The number of carbonyl (C=O) groups is 2. The number of nitrogens with zero attached hydrogens (tertiary/aromatic N) is 2. The number of benzene rings is 2. The highest BCUT2D eigenvalue weighted by Gasteiger charge is 2.14. The normalized spacial score (nSPS) is 10.5. The number of carbonyl (C=O) groups excluding carboxylic acids is 2. The van der Waals surface area contributed by atoms with E-state index in [-0.39, 0.29) is 0 Å². The van der Waals surface area contributed by atoms with E-state index in [0.717, 1.165) is 16.6 Å². The zero-order valence-corrected chi connectivity index (χ0v) is 12.7. The Bertz CT molecular complexity index is 899. The molecule has 3 rings (SSSR count). The lowest BCUT2D eigenvalue weighted by Crippen LogP contribution is -2.20. The predicted molar refractivity (Wildman–Crippen MR) is 86.7 cm³/mol. The van der Waals surface area contributed by atoms with Gasteiger partial charge in [-0.2, -0.15) is 9.78 Å². The lowest BCUT2D eigenvalue weighted by molar-refractivity contribution is 0.0600. The zero-order valence-electron chi connectivity index (χ0n) is 12.7. The number of methoxy groups -OCH3 is 1. The van der Waals surface area contributed by atoms with Crippen molar-refractivity contribution >= 4 is 28.6 Å². The van der Waals surface area contributed by atoms with Gasteiger partial charge in [-0.3, -0.25) is 0 Å². The highest BCUT2D eigenvalue weighted by Crippen LogP contribution is 2.18. The van der Waals surface area contributed by atoms with Crippen LogP contribution in [-0.2, 0) is 4.74 Å². The van der Waals surface area contributed by atoms with E-state index in [1.165, 1.54) is 11.8 Å². The second kappa shape index (κ2) is 5.92. The Hall–Kier alpha value is -3.15. The Morgan fingerprint density at radius 1 is 1.13 bits per heavy atom. The molecule has 0 radical (unpaired) electrons. The van der Waals surface area contributed by atoms with Crippen LogP contribution in [0.25, 0.3) is 10.9 Å². The molecule has 0 unspecified atom stereocenters. The fraction of sp³-hybridized carbons (Fsp3) is 0.118. The first kappa shape index (κ1) is 14.8. The molecule has 0 bridgehead atoms. The van der Waals surface area contributed by atoms with Crippen molar-refractivity contribution in [1.29, 1.82) is 0 Å². The first-order valence-electron chi connectivity index (χ1n) is 7.04. The Morgan fingerprint density at radius 2 is 1.91 bits per heavy atom. The summed E-state index contributed by atoms with van der Waals surface area (Å²) in [4.78, 5) is 24.0. The quantitative estimate of drug-likeness (QED) is 0.738. The van der Waals surface area contributed by atoms with E-state index in [9.17, 15) is 9.59 Å². The number of esters is 1. The second-order valence-electron chi connectivity index (χ2n) is 5.02. The van der Waals surface area contributed by atoms with E-state index in [2.05, 4.69) is 15.2 Å². The molecule has 0 atom stereocenters. The van der Waals surface area contributed by atoms with Gasteiger partial charge < -0.3 is 10.1 Å². The Kier molecular flexibility index (Phi) is 3.80. The molecule has 3 aromatic rings. The van der Waals surface area contributed by atoms with Crippen LogP contribution in [0.4, 0.5) is 10.5 Å². The number of nitrogens with one attached hydrogen (secondary N) is 1. The molecule has 0 fully saturated rings. The van der Waals surface area contributed by atoms with E-state index in [1.807, 2.05) is 31.2 Å². The number of hydrogen-bond acceptors (Lipinski definition) is 4. The van der Waals surface area contributed by atoms with Crippen molar-refractivity contribution in [3.8, 4) is 0 Å². The number of hydrogen-bond donors (Lipinski definition) is 1. The number of rotatable bonds is 2. The Balaban J connectivity index is 1.91. The summed E-state index contributed by atoms with van der Waals surface area (Å²) in [7, 11) is 1.31. The molecule has 0 aliphatic heterocycles. The van der Waals surface area contributed by atoms with Crippen molar-refractivity contribution < 1.29 is 14.3 Å². The van der Waals surface area contributed by atoms with Gasteiger partial charge in [0, 0.05) is 11.1 Å². The van der Waals surface area contributed by atoms with Crippen molar-refractivity contribution in [2.24, 2.45) is 0 Å². The first-order chi connectivity index (χ1) is 11.1. The van der Waals surface area contributed by atoms with Crippen molar-refractivity contribution in [1.82, 2.24) is 9.78 Å². The number of amides is 1. The molecule has 0 aliphatic rings. The van der Waals surface area contributed by atoms with E-state index in [1.54, 1.807) is 24.3 Å². The number of para-hydroxylation sites is 1. The van der Waals surface area contributed by atoms with Crippen LogP contribution in [0, 0.1) is 6.92 Å². The lowest BCUT2D eigenvalue weighted by Gasteiger charge is -2.07. The lowest BCUT2D eigenvalue weighted by atomic mass is 10.2. The van der Waals surface area contributed by atoms with Crippen molar-refractivity contribution in [3.63, 3.8) is 0 Å². The van der Waals surface area contributed by atoms with Gasteiger partial charge in [0.1, 0.15) is 0 Å². The largest absolute Gasteiger partial charge is 0.465 e. The summed E-state index contributed by atoms with van der Waals surface area (Å²) in [5, 5.41) is 7.93. The minimum Gasteiger partial charge on any atom is -0.465 e. The van der Waals surface area contributed by atoms with Gasteiger partial charge in [-0.15, -0.1) is 0 Å². The summed E-state index contributed by atoms with van der Waals surface area (Å²) in [5.41, 5.74) is 2.37. The monoisotopic (exact) mass is 309 g/mol. The molecule has 0 saturated carbocycles. The molecule has 1 amide bonds. The van der Waals surface area contributed by atoms with E-state index >= 15 is 0 Å². The van der Waals surface area contributed by atoms with Crippen LogP contribution in [0.3, 0.4) is 0 Å². The first-order valence-corrected chi connectivity index (χ1v) is 7.04. The molecule has 0 spiro atoms. The third-order valence-electron chi connectivity index (χ3n) is 3.50. The Morgan fingerprint density at radius 3 is 2.70 bits per heavy atom. The highest BCUT2D eigenvalue weighted by molar-refractivity contribution is 5.99. The van der Waals surface area contributed by atoms with Gasteiger partial charge in [-0.25, -0.2) is 9.59 Å². The number of anilines is 1. The standard InChI is InChI=1S/C17H15N3O3/c1-11-14-8-3-4-9-15(14)20(19-11)17(22)18-13-7-5-6-12(10-13)16(21)23-2/h3-10H,1-2H3,(H,18,22). The van der Waals surface area contributed by atoms with Gasteiger partial charge in [0.05, 0.1) is 23.9 Å². The van der Waals surface area contributed by atoms with Gasteiger partial charge >= 0.3 is 12.0 Å². The van der Waals surface area contributed by atoms with Gasteiger partial charge in [-0.1, -0.05) is 24.3 Å². The number of aryl methyl sites for hydroxylation is 1. The smallest absolute Gasteiger partial charge is 0.347 e. The fourth-order valence-electron chi connectivity index (χ4n) is 2.40. The average Bonchev–Trinajstić information content (AvgIpc) is 2.92. The number of fused-ring (bicyclic) bond motifs is 1. The third-order valence-corrected chi connectivity index (χ3v) is 3.50. The molecular formula is C17H15N3O3. The molecule has 6 nitrogen and oxygen atoms in total. The maximum atomic E-state index is 12.5. The summed E-state index contributed by atoms with van der Waals surface area (Å²) in [6.45, 7) is 1.85. The SMILES string of the molecule is COC(=O)c1cccc(NC(=O)n2nc(C)c3ccccc32)c1. The van der Waals surface area contributed by atoms with Crippen LogP contribution in [0.1, 0.15) is 16.1 Å². The summed E-state index contributed by atoms with van der Waals surface area (Å²) < 4.78 is 5.99. The molecule has 1 heterocycles. The van der Waals surface area contributed by atoms with Crippen molar-refractivity contribution in [2.45, 2.75) is 6.92 Å². The molecule has 1 aromatic heterocycles. The van der Waals surface area contributed by atoms with Crippen LogP contribution in [0.2, 0.25) is 0 Å². The maximum absolute atomic E-state index is 12.5. The van der Waals surface area contributed by atoms with E-state index in [4.69, 9.17) is 0 Å².